The van der Waals surface area contributed by atoms with Crippen LogP contribution in [0.15, 0.2) is 24.3 Å². The molecule has 0 radical (unpaired) electrons. The molecule has 1 aromatic rings. The van der Waals surface area contributed by atoms with Crippen LogP contribution in [0.2, 0.25) is 0 Å². The van der Waals surface area contributed by atoms with Crippen LogP contribution < -0.4 is 5.32 Å². The SMILES string of the molecule is CCN(Cc1cccc(F)c1)C(=O)[C@@]12CCCC[C@H]1CNC2.Cl. The summed E-state index contributed by atoms with van der Waals surface area (Å²) in [6, 6.07) is 6.57. The zero-order valence-corrected chi connectivity index (χ0v) is 14.5. The van der Waals surface area contributed by atoms with Gasteiger partial charge in [0, 0.05) is 19.6 Å². The van der Waals surface area contributed by atoms with Crippen LogP contribution in [-0.2, 0) is 11.3 Å². The summed E-state index contributed by atoms with van der Waals surface area (Å²) in [5.41, 5.74) is 0.645. The van der Waals surface area contributed by atoms with E-state index < -0.39 is 0 Å². The number of hydrogen-bond acceptors (Lipinski definition) is 2. The van der Waals surface area contributed by atoms with Gasteiger partial charge < -0.3 is 10.2 Å². The molecule has 1 saturated carbocycles. The van der Waals surface area contributed by atoms with Crippen molar-refractivity contribution >= 4 is 18.3 Å². The molecule has 23 heavy (non-hydrogen) atoms. The molecule has 0 unspecified atom stereocenters. The second-order valence-corrected chi connectivity index (χ2v) is 6.68. The van der Waals surface area contributed by atoms with Gasteiger partial charge in [-0.2, -0.15) is 0 Å². The van der Waals surface area contributed by atoms with Crippen molar-refractivity contribution in [3.05, 3.63) is 35.6 Å². The average molecular weight is 341 g/mol. The van der Waals surface area contributed by atoms with Crippen LogP contribution >= 0.6 is 12.4 Å². The highest BCUT2D eigenvalue weighted by Gasteiger charge is 2.51. The Morgan fingerprint density at radius 1 is 1.43 bits per heavy atom. The second-order valence-electron chi connectivity index (χ2n) is 6.68. The van der Waals surface area contributed by atoms with Gasteiger partial charge in [-0.25, -0.2) is 4.39 Å². The molecular weight excluding hydrogens is 315 g/mol. The van der Waals surface area contributed by atoms with Gasteiger partial charge in [0.25, 0.3) is 0 Å². The number of hydrogen-bond donors (Lipinski definition) is 1. The van der Waals surface area contributed by atoms with Crippen molar-refractivity contribution in [2.45, 2.75) is 39.2 Å². The van der Waals surface area contributed by atoms with Crippen LogP contribution in [0.25, 0.3) is 0 Å². The van der Waals surface area contributed by atoms with E-state index in [1.165, 1.54) is 18.6 Å². The summed E-state index contributed by atoms with van der Waals surface area (Å²) in [6.07, 6.45) is 4.51. The summed E-state index contributed by atoms with van der Waals surface area (Å²) in [4.78, 5) is 15.1. The first-order chi connectivity index (χ1) is 10.7. The van der Waals surface area contributed by atoms with E-state index in [2.05, 4.69) is 5.32 Å². The number of amides is 1. The van der Waals surface area contributed by atoms with Crippen molar-refractivity contribution in [2.24, 2.45) is 11.3 Å². The fourth-order valence-electron chi connectivity index (χ4n) is 4.17. The lowest BCUT2D eigenvalue weighted by Crippen LogP contribution is -2.49. The smallest absolute Gasteiger partial charge is 0.230 e. The van der Waals surface area contributed by atoms with Crippen LogP contribution in [0.5, 0.6) is 0 Å². The van der Waals surface area contributed by atoms with Gasteiger partial charge >= 0.3 is 0 Å². The molecule has 0 aromatic heterocycles. The van der Waals surface area contributed by atoms with Gasteiger partial charge in [0.2, 0.25) is 5.91 Å². The van der Waals surface area contributed by atoms with Crippen LogP contribution in [-0.4, -0.2) is 30.4 Å². The van der Waals surface area contributed by atoms with Gasteiger partial charge in [0.05, 0.1) is 5.41 Å². The Labute approximate surface area is 144 Å². The standard InChI is InChI=1S/C18H25FN2O.ClH/c1-2-21(12-14-6-5-8-16(19)10-14)17(22)18-9-4-3-7-15(18)11-20-13-18;/h5-6,8,10,15,20H,2-4,7,9,11-13H2,1H3;1H/t15-,18+;/m0./s1. The zero-order chi connectivity index (χ0) is 15.6. The molecule has 1 N–H and O–H groups in total. The summed E-state index contributed by atoms with van der Waals surface area (Å²) in [5, 5.41) is 3.43. The van der Waals surface area contributed by atoms with Gasteiger partial charge in [-0.1, -0.05) is 25.0 Å². The van der Waals surface area contributed by atoms with E-state index in [4.69, 9.17) is 0 Å². The maximum Gasteiger partial charge on any atom is 0.230 e. The number of rotatable bonds is 4. The molecule has 2 aliphatic rings. The Kier molecular flexibility index (Phi) is 6.04. The minimum atomic E-state index is -0.239. The van der Waals surface area contributed by atoms with Crippen LogP contribution in [0.1, 0.15) is 38.2 Å². The van der Waals surface area contributed by atoms with E-state index in [-0.39, 0.29) is 29.5 Å². The fourth-order valence-corrected chi connectivity index (χ4v) is 4.17. The highest BCUT2D eigenvalue weighted by Crippen LogP contribution is 2.45. The van der Waals surface area contributed by atoms with E-state index in [9.17, 15) is 9.18 Å². The van der Waals surface area contributed by atoms with Gasteiger partial charge in [0.1, 0.15) is 5.82 Å². The highest BCUT2D eigenvalue weighted by molar-refractivity contribution is 5.85. The first-order valence-corrected chi connectivity index (χ1v) is 8.40. The van der Waals surface area contributed by atoms with E-state index in [1.807, 2.05) is 17.9 Å². The minimum Gasteiger partial charge on any atom is -0.338 e. The molecule has 1 aliphatic heterocycles. The summed E-state index contributed by atoms with van der Waals surface area (Å²) in [5.74, 6) is 0.488. The van der Waals surface area contributed by atoms with Crippen LogP contribution in [0.3, 0.4) is 0 Å². The predicted octanol–water partition coefficient (Wildman–Crippen LogP) is 3.38. The third kappa shape index (κ3) is 3.53. The van der Waals surface area contributed by atoms with E-state index in [0.717, 1.165) is 37.9 Å². The maximum atomic E-state index is 13.4. The molecule has 3 nitrogen and oxygen atoms in total. The molecule has 1 aliphatic carbocycles. The molecule has 1 amide bonds. The number of nitrogens with one attached hydrogen (secondary N) is 1. The minimum absolute atomic E-state index is 0. The lowest BCUT2D eigenvalue weighted by molar-refractivity contribution is -0.145. The largest absolute Gasteiger partial charge is 0.338 e. The quantitative estimate of drug-likeness (QED) is 0.911. The van der Waals surface area contributed by atoms with E-state index >= 15 is 0 Å². The predicted molar refractivity (Wildman–Crippen MR) is 92.0 cm³/mol. The van der Waals surface area contributed by atoms with E-state index in [0.29, 0.717) is 19.0 Å². The molecule has 2 atom stereocenters. The van der Waals surface area contributed by atoms with Crippen molar-refractivity contribution in [3.63, 3.8) is 0 Å². The van der Waals surface area contributed by atoms with Crippen LogP contribution in [0.4, 0.5) is 4.39 Å². The highest BCUT2D eigenvalue weighted by atomic mass is 35.5. The van der Waals surface area contributed by atoms with Crippen molar-refractivity contribution in [1.29, 1.82) is 0 Å². The summed E-state index contributed by atoms with van der Waals surface area (Å²) in [6.45, 7) is 4.94. The topological polar surface area (TPSA) is 32.3 Å². The van der Waals surface area contributed by atoms with Crippen molar-refractivity contribution < 1.29 is 9.18 Å². The van der Waals surface area contributed by atoms with Gasteiger partial charge in [-0.3, -0.25) is 4.79 Å². The lowest BCUT2D eigenvalue weighted by atomic mass is 9.67. The molecule has 2 fully saturated rings. The van der Waals surface area contributed by atoms with Gasteiger partial charge in [-0.05, 0) is 49.9 Å². The zero-order valence-electron chi connectivity index (χ0n) is 13.7. The average Bonchev–Trinajstić information content (AvgIpc) is 2.97. The fraction of sp³-hybridized carbons (Fsp3) is 0.611. The molecule has 1 saturated heterocycles. The molecule has 1 heterocycles. The Bertz CT molecular complexity index is 554. The molecule has 5 heteroatoms. The first-order valence-electron chi connectivity index (χ1n) is 8.40. The Balaban J connectivity index is 0.00000192. The molecule has 128 valence electrons. The first kappa shape index (κ1) is 18.2. The number of halogens is 2. The number of benzene rings is 1. The van der Waals surface area contributed by atoms with E-state index in [1.54, 1.807) is 6.07 Å². The third-order valence-electron chi connectivity index (χ3n) is 5.40. The normalized spacial score (nSPS) is 26.3. The monoisotopic (exact) mass is 340 g/mol. The number of carbonyl (C=O) groups is 1. The van der Waals surface area contributed by atoms with Crippen molar-refractivity contribution in [2.75, 3.05) is 19.6 Å². The van der Waals surface area contributed by atoms with Gasteiger partial charge in [0.15, 0.2) is 0 Å². The molecule has 0 bridgehead atoms. The lowest BCUT2D eigenvalue weighted by Gasteiger charge is -2.40. The molecular formula is C18H26ClFN2O. The van der Waals surface area contributed by atoms with Gasteiger partial charge in [-0.15, -0.1) is 12.4 Å². The van der Waals surface area contributed by atoms with Crippen LogP contribution in [0, 0.1) is 17.2 Å². The van der Waals surface area contributed by atoms with Crippen molar-refractivity contribution in [1.82, 2.24) is 10.2 Å². The number of carbonyl (C=O) groups excluding carboxylic acids is 1. The Morgan fingerprint density at radius 2 is 2.26 bits per heavy atom. The molecule has 1 aromatic carbocycles. The Hall–Kier alpha value is -1.13. The second kappa shape index (κ2) is 7.63. The summed E-state index contributed by atoms with van der Waals surface area (Å²) >= 11 is 0. The summed E-state index contributed by atoms with van der Waals surface area (Å²) in [7, 11) is 0. The maximum absolute atomic E-state index is 13.4. The Morgan fingerprint density at radius 3 is 3.00 bits per heavy atom. The molecule has 0 spiro atoms. The molecule has 3 rings (SSSR count). The third-order valence-corrected chi connectivity index (χ3v) is 5.40. The summed E-state index contributed by atoms with van der Waals surface area (Å²) < 4.78 is 13.4. The number of nitrogens with zero attached hydrogens (tertiary/aromatic N) is 1. The number of fused-ring (bicyclic) bond motifs is 1. The van der Waals surface area contributed by atoms with Crippen molar-refractivity contribution in [3.8, 4) is 0 Å².